The maximum absolute atomic E-state index is 14.1. The first kappa shape index (κ1) is 34.8. The number of aliphatic hydroxyl groups is 2. The van der Waals surface area contributed by atoms with Gasteiger partial charge in [0.15, 0.2) is 5.60 Å². The maximum atomic E-state index is 14.1. The second-order valence-electron chi connectivity index (χ2n) is 12.3. The Hall–Kier alpha value is -5.10. The summed E-state index contributed by atoms with van der Waals surface area (Å²) in [5.41, 5.74) is 2.88. The molecular weight excluding hydrogens is 698 g/mol. The van der Waals surface area contributed by atoms with Gasteiger partial charge in [-0.3, -0.25) is 14.3 Å². The molecule has 2 heterocycles. The molecular formula is C39H38BrN5O5. The number of halogens is 1. The maximum Gasteiger partial charge on any atom is 0.264 e. The summed E-state index contributed by atoms with van der Waals surface area (Å²) in [6, 6.07) is 29.3. The molecule has 0 spiro atoms. The molecule has 0 bridgehead atoms. The number of amides is 2. The Balaban J connectivity index is 1.13. The summed E-state index contributed by atoms with van der Waals surface area (Å²) >= 11 is 3.52. The molecule has 256 valence electrons. The smallest absolute Gasteiger partial charge is 0.264 e. The van der Waals surface area contributed by atoms with E-state index in [1.54, 1.807) is 53.1 Å². The Bertz CT molecular complexity index is 2000. The van der Waals surface area contributed by atoms with Gasteiger partial charge in [0.1, 0.15) is 5.75 Å². The van der Waals surface area contributed by atoms with Gasteiger partial charge in [-0.25, -0.2) is 0 Å². The van der Waals surface area contributed by atoms with E-state index >= 15 is 0 Å². The number of carbonyl (C=O) groups excluding carboxylic acids is 2. The van der Waals surface area contributed by atoms with E-state index < -0.39 is 17.4 Å². The molecule has 6 rings (SSSR count). The number of anilines is 2. The summed E-state index contributed by atoms with van der Waals surface area (Å²) in [5, 5.41) is 33.6. The molecule has 1 aliphatic rings. The lowest BCUT2D eigenvalue weighted by molar-refractivity contribution is -0.139. The first-order valence-corrected chi connectivity index (χ1v) is 17.1. The van der Waals surface area contributed by atoms with Crippen LogP contribution in [0, 0.1) is 5.92 Å². The van der Waals surface area contributed by atoms with Crippen molar-refractivity contribution in [3.63, 3.8) is 0 Å². The zero-order chi connectivity index (χ0) is 35.3. The Morgan fingerprint density at radius 2 is 1.82 bits per heavy atom. The number of benzene rings is 4. The zero-order valence-corrected chi connectivity index (χ0v) is 29.3. The van der Waals surface area contributed by atoms with Crippen molar-refractivity contribution in [2.75, 3.05) is 23.9 Å². The monoisotopic (exact) mass is 735 g/mol. The van der Waals surface area contributed by atoms with Crippen molar-refractivity contribution in [3.8, 4) is 5.75 Å². The number of fused-ring (bicyclic) bond motifs is 1. The number of nitrogens with one attached hydrogen (secondary N) is 1. The first-order valence-electron chi connectivity index (χ1n) is 16.3. The van der Waals surface area contributed by atoms with Crippen LogP contribution in [0.1, 0.15) is 52.0 Å². The minimum atomic E-state index is -1.79. The van der Waals surface area contributed by atoms with E-state index in [9.17, 15) is 19.8 Å². The zero-order valence-electron chi connectivity index (χ0n) is 27.7. The third kappa shape index (κ3) is 7.25. The van der Waals surface area contributed by atoms with E-state index in [4.69, 9.17) is 4.74 Å². The van der Waals surface area contributed by atoms with Crippen molar-refractivity contribution in [3.05, 3.63) is 148 Å². The molecule has 4 aromatic carbocycles. The van der Waals surface area contributed by atoms with Crippen LogP contribution < -0.4 is 15.0 Å². The number of carbonyl (C=O) groups is 2. The van der Waals surface area contributed by atoms with Crippen molar-refractivity contribution in [1.29, 1.82) is 0 Å². The normalized spacial score (nSPS) is 16.7. The molecule has 2 amide bonds. The number of aliphatic hydroxyl groups excluding tert-OH is 1. The summed E-state index contributed by atoms with van der Waals surface area (Å²) < 4.78 is 7.66. The van der Waals surface area contributed by atoms with Crippen molar-refractivity contribution in [2.24, 2.45) is 5.92 Å². The Morgan fingerprint density at radius 3 is 2.56 bits per heavy atom. The summed E-state index contributed by atoms with van der Waals surface area (Å²) in [7, 11) is 1.57. The van der Waals surface area contributed by atoms with Crippen molar-refractivity contribution in [2.45, 2.75) is 38.0 Å². The molecule has 0 saturated heterocycles. The number of allylic oxidation sites excluding steroid dienone is 1. The average Bonchev–Trinajstić information content (AvgIpc) is 3.68. The van der Waals surface area contributed by atoms with E-state index in [1.807, 2.05) is 85.9 Å². The topological polar surface area (TPSA) is 130 Å². The lowest BCUT2D eigenvalue weighted by Crippen LogP contribution is -2.44. The number of hydrogen-bond acceptors (Lipinski definition) is 7. The summed E-state index contributed by atoms with van der Waals surface area (Å²) in [4.78, 5) is 28.6. The molecule has 1 aromatic heterocycles. The number of nitrogens with zero attached hydrogens (tertiary/aromatic N) is 4. The molecule has 3 N–H and O–H groups in total. The quantitative estimate of drug-likeness (QED) is 0.119. The van der Waals surface area contributed by atoms with Gasteiger partial charge in [-0.15, -0.1) is 5.10 Å². The molecule has 11 heteroatoms. The highest BCUT2D eigenvalue weighted by Crippen LogP contribution is 2.46. The Labute approximate surface area is 299 Å². The van der Waals surface area contributed by atoms with Crippen molar-refractivity contribution < 1.29 is 24.5 Å². The number of hydrogen-bond donors (Lipinski definition) is 3. The fraction of sp³-hybridized carbons (Fsp3) is 0.231. The molecule has 0 radical (unpaired) electrons. The molecule has 10 nitrogen and oxygen atoms in total. The highest BCUT2D eigenvalue weighted by molar-refractivity contribution is 9.10. The third-order valence-corrected chi connectivity index (χ3v) is 9.51. The van der Waals surface area contributed by atoms with Gasteiger partial charge in [-0.05, 0) is 72.1 Å². The number of methoxy groups -OCH3 is 1. The van der Waals surface area contributed by atoms with Crippen LogP contribution in [-0.4, -0.2) is 50.7 Å². The fourth-order valence-corrected chi connectivity index (χ4v) is 6.60. The van der Waals surface area contributed by atoms with Crippen LogP contribution in [0.2, 0.25) is 0 Å². The molecule has 50 heavy (non-hydrogen) atoms. The standard InChI is InChI=1S/C39H38BrN5O5/c1-26(9-6-7-20-44-24-35(42-43-44)33(25-46)28-11-4-3-5-12-28)39(49)34-22-30(40)16-19-36(34)45(38(39)48)23-27-10-8-13-31(21-27)41-37(47)29-14-17-32(50-2)18-15-29/h3-6,8-19,21-22,24,26,33,46,49H,7,20,23,25H2,1-2H3,(H,41,47)/b9-6+/t26-,33?,39+/m1/s1. The van der Waals surface area contributed by atoms with Crippen molar-refractivity contribution in [1.82, 2.24) is 15.0 Å². The van der Waals surface area contributed by atoms with Crippen LogP contribution in [-0.2, 0) is 23.5 Å². The minimum Gasteiger partial charge on any atom is -0.497 e. The average molecular weight is 737 g/mol. The highest BCUT2D eigenvalue weighted by atomic mass is 79.9. The largest absolute Gasteiger partial charge is 0.497 e. The number of ether oxygens (including phenoxy) is 1. The van der Waals surface area contributed by atoms with E-state index in [2.05, 4.69) is 31.6 Å². The SMILES string of the molecule is COc1ccc(C(=O)Nc2cccc(CN3C(=O)[C@](O)([C@H](C)/C=C/CCn4cc(C(CO)c5ccccc5)nn4)c4cc(Br)ccc43)c2)cc1. The Kier molecular flexibility index (Phi) is 10.6. The van der Waals surface area contributed by atoms with Gasteiger partial charge < -0.3 is 25.2 Å². The van der Waals surface area contributed by atoms with Gasteiger partial charge in [-0.1, -0.05) is 82.7 Å². The lowest BCUT2D eigenvalue weighted by atomic mass is 9.83. The molecule has 0 aliphatic carbocycles. The van der Waals surface area contributed by atoms with E-state index in [0.29, 0.717) is 46.9 Å². The number of rotatable bonds is 13. The van der Waals surface area contributed by atoms with Gasteiger partial charge in [0.2, 0.25) is 0 Å². The van der Waals surface area contributed by atoms with E-state index in [1.165, 1.54) is 0 Å². The molecule has 1 unspecified atom stereocenters. The molecule has 0 fully saturated rings. The molecule has 3 atom stereocenters. The predicted octanol–water partition coefficient (Wildman–Crippen LogP) is 6.44. The number of aromatic nitrogens is 3. The minimum absolute atomic E-state index is 0.0755. The summed E-state index contributed by atoms with van der Waals surface area (Å²) in [5.74, 6) is -0.837. The Morgan fingerprint density at radius 1 is 1.04 bits per heavy atom. The number of aryl methyl sites for hydroxylation is 1. The van der Waals surface area contributed by atoms with Crippen LogP contribution >= 0.6 is 15.9 Å². The van der Waals surface area contributed by atoms with Gasteiger partial charge in [0.05, 0.1) is 37.6 Å². The highest BCUT2D eigenvalue weighted by Gasteiger charge is 2.52. The van der Waals surface area contributed by atoms with Gasteiger partial charge in [0, 0.05) is 39.9 Å². The predicted molar refractivity (Wildman–Crippen MR) is 195 cm³/mol. The molecule has 1 aliphatic heterocycles. The van der Waals surface area contributed by atoms with Gasteiger partial charge in [-0.2, -0.15) is 0 Å². The van der Waals surface area contributed by atoms with E-state index in [-0.39, 0.29) is 25.0 Å². The summed E-state index contributed by atoms with van der Waals surface area (Å²) in [6.07, 6.45) is 6.23. The lowest BCUT2D eigenvalue weighted by Gasteiger charge is -2.28. The van der Waals surface area contributed by atoms with Crippen LogP contribution in [0.4, 0.5) is 11.4 Å². The summed E-state index contributed by atoms with van der Waals surface area (Å²) in [6.45, 7) is 2.49. The molecule has 5 aromatic rings. The van der Waals surface area contributed by atoms with Crippen LogP contribution in [0.25, 0.3) is 0 Å². The molecule has 0 saturated carbocycles. The fourth-order valence-electron chi connectivity index (χ4n) is 6.24. The van der Waals surface area contributed by atoms with Crippen molar-refractivity contribution >= 4 is 39.1 Å². The van der Waals surface area contributed by atoms with Gasteiger partial charge in [0.25, 0.3) is 11.8 Å². The second kappa shape index (κ2) is 15.2. The first-order chi connectivity index (χ1) is 24.2. The third-order valence-electron chi connectivity index (χ3n) is 9.02. The van der Waals surface area contributed by atoms with Gasteiger partial charge >= 0.3 is 0 Å². The van der Waals surface area contributed by atoms with Crippen LogP contribution in [0.3, 0.4) is 0 Å². The van der Waals surface area contributed by atoms with Crippen LogP contribution in [0.5, 0.6) is 5.75 Å². The van der Waals surface area contributed by atoms with E-state index in [0.717, 1.165) is 15.6 Å². The second-order valence-corrected chi connectivity index (χ2v) is 13.2. The van der Waals surface area contributed by atoms with Crippen LogP contribution in [0.15, 0.2) is 120 Å².